The largest absolute Gasteiger partial charge is 0.337 e. The van der Waals surface area contributed by atoms with E-state index >= 15 is 0 Å². The quantitative estimate of drug-likeness (QED) is 0.670. The van der Waals surface area contributed by atoms with Crippen LogP contribution in [0.4, 0.5) is 0 Å². The SMILES string of the molecule is Cc1cc2c(cc(C(=O)N3CCCC3)n2[C@@H](C)c2ccccc2)s1. The van der Waals surface area contributed by atoms with Crippen molar-refractivity contribution in [1.82, 2.24) is 9.47 Å². The van der Waals surface area contributed by atoms with Crippen molar-refractivity contribution < 1.29 is 4.79 Å². The van der Waals surface area contributed by atoms with E-state index < -0.39 is 0 Å². The first-order chi connectivity index (χ1) is 11.6. The average molecular weight is 338 g/mol. The molecule has 2 aromatic heterocycles. The summed E-state index contributed by atoms with van der Waals surface area (Å²) in [7, 11) is 0. The number of aryl methyl sites for hydroxylation is 1. The lowest BCUT2D eigenvalue weighted by Gasteiger charge is -2.22. The molecule has 4 heteroatoms. The minimum absolute atomic E-state index is 0.138. The van der Waals surface area contributed by atoms with Gasteiger partial charge in [-0.3, -0.25) is 4.79 Å². The summed E-state index contributed by atoms with van der Waals surface area (Å²) in [6, 6.07) is 14.9. The predicted octanol–water partition coefficient (Wildman–Crippen LogP) is 4.86. The number of thiophene rings is 1. The van der Waals surface area contributed by atoms with Crippen molar-refractivity contribution in [3.63, 3.8) is 0 Å². The number of rotatable bonds is 3. The topological polar surface area (TPSA) is 25.2 Å². The number of aromatic nitrogens is 1. The van der Waals surface area contributed by atoms with Gasteiger partial charge in [0.15, 0.2) is 0 Å². The van der Waals surface area contributed by atoms with Crippen molar-refractivity contribution in [1.29, 1.82) is 0 Å². The van der Waals surface area contributed by atoms with Crippen LogP contribution in [0.3, 0.4) is 0 Å². The third kappa shape index (κ3) is 2.55. The van der Waals surface area contributed by atoms with E-state index in [-0.39, 0.29) is 11.9 Å². The Morgan fingerprint density at radius 3 is 2.54 bits per heavy atom. The molecule has 1 aliphatic rings. The molecule has 24 heavy (non-hydrogen) atoms. The van der Waals surface area contributed by atoms with Crippen molar-refractivity contribution in [2.24, 2.45) is 0 Å². The normalized spacial score (nSPS) is 16.0. The van der Waals surface area contributed by atoms with Crippen LogP contribution in [-0.2, 0) is 0 Å². The molecule has 0 N–H and O–H groups in total. The fraction of sp³-hybridized carbons (Fsp3) is 0.350. The van der Waals surface area contributed by atoms with Crippen LogP contribution in [0.15, 0.2) is 42.5 Å². The Hall–Kier alpha value is -2.07. The number of carbonyl (C=O) groups excluding carboxylic acids is 1. The molecule has 1 aliphatic heterocycles. The average Bonchev–Trinajstić information content (AvgIpc) is 3.30. The van der Waals surface area contributed by atoms with Crippen molar-refractivity contribution in [2.45, 2.75) is 32.7 Å². The van der Waals surface area contributed by atoms with Crippen LogP contribution in [0.2, 0.25) is 0 Å². The van der Waals surface area contributed by atoms with E-state index in [1.54, 1.807) is 11.3 Å². The van der Waals surface area contributed by atoms with E-state index in [1.165, 1.54) is 20.7 Å². The highest BCUT2D eigenvalue weighted by Gasteiger charge is 2.26. The van der Waals surface area contributed by atoms with Crippen LogP contribution in [0.5, 0.6) is 0 Å². The molecule has 0 radical (unpaired) electrons. The Morgan fingerprint density at radius 1 is 1.12 bits per heavy atom. The maximum Gasteiger partial charge on any atom is 0.270 e. The predicted molar refractivity (Wildman–Crippen MR) is 99.9 cm³/mol. The number of fused-ring (bicyclic) bond motifs is 1. The van der Waals surface area contributed by atoms with E-state index in [0.717, 1.165) is 31.6 Å². The number of amides is 1. The molecule has 124 valence electrons. The Labute approximate surface area is 146 Å². The number of hydrogen-bond acceptors (Lipinski definition) is 2. The van der Waals surface area contributed by atoms with Gasteiger partial charge in [0, 0.05) is 18.0 Å². The second kappa shape index (κ2) is 6.10. The summed E-state index contributed by atoms with van der Waals surface area (Å²) in [4.78, 5) is 16.4. The maximum atomic E-state index is 13.1. The highest BCUT2D eigenvalue weighted by atomic mass is 32.1. The number of likely N-dealkylation sites (tertiary alicyclic amines) is 1. The van der Waals surface area contributed by atoms with Gasteiger partial charge in [0.05, 0.1) is 16.3 Å². The van der Waals surface area contributed by atoms with Gasteiger partial charge in [-0.2, -0.15) is 0 Å². The van der Waals surface area contributed by atoms with E-state index in [1.807, 2.05) is 11.0 Å². The summed E-state index contributed by atoms with van der Waals surface area (Å²) in [5.74, 6) is 0.177. The first-order valence-electron chi connectivity index (χ1n) is 8.61. The molecule has 1 atom stereocenters. The van der Waals surface area contributed by atoms with E-state index in [4.69, 9.17) is 0 Å². The van der Waals surface area contributed by atoms with Crippen LogP contribution < -0.4 is 0 Å². The standard InChI is InChI=1S/C20H22N2OS/c1-14-12-17-19(24-14)13-18(20(23)21-10-6-7-11-21)22(17)15(2)16-8-4-3-5-9-16/h3-5,8-9,12-13,15H,6-7,10-11H2,1-2H3/t15-/m0/s1. The lowest BCUT2D eigenvalue weighted by Crippen LogP contribution is -2.30. The third-order valence-electron chi connectivity index (χ3n) is 4.93. The summed E-state index contributed by atoms with van der Waals surface area (Å²) in [5, 5.41) is 0. The van der Waals surface area contributed by atoms with Crippen molar-refractivity contribution in [3.8, 4) is 0 Å². The first-order valence-corrected chi connectivity index (χ1v) is 9.42. The van der Waals surface area contributed by atoms with Gasteiger partial charge in [0.25, 0.3) is 5.91 Å². The summed E-state index contributed by atoms with van der Waals surface area (Å²) >= 11 is 1.77. The molecule has 3 heterocycles. The van der Waals surface area contributed by atoms with Crippen molar-refractivity contribution in [2.75, 3.05) is 13.1 Å². The zero-order chi connectivity index (χ0) is 16.7. The Kier molecular flexibility index (Phi) is 3.93. The summed E-state index contributed by atoms with van der Waals surface area (Å²) in [5.41, 5.74) is 3.24. The lowest BCUT2D eigenvalue weighted by atomic mass is 10.1. The zero-order valence-electron chi connectivity index (χ0n) is 14.2. The van der Waals surface area contributed by atoms with Crippen LogP contribution in [0.25, 0.3) is 10.2 Å². The van der Waals surface area contributed by atoms with Crippen LogP contribution in [-0.4, -0.2) is 28.5 Å². The fourth-order valence-corrected chi connectivity index (χ4v) is 4.63. The lowest BCUT2D eigenvalue weighted by molar-refractivity contribution is 0.0781. The molecule has 0 saturated carbocycles. The Balaban J connectivity index is 1.84. The van der Waals surface area contributed by atoms with Crippen molar-refractivity contribution >= 4 is 27.5 Å². The maximum absolute atomic E-state index is 13.1. The molecular formula is C20H22N2OS. The first kappa shape index (κ1) is 15.5. The number of benzene rings is 1. The number of hydrogen-bond donors (Lipinski definition) is 0. The highest BCUT2D eigenvalue weighted by molar-refractivity contribution is 7.19. The Morgan fingerprint density at radius 2 is 1.83 bits per heavy atom. The molecule has 1 amide bonds. The molecule has 1 fully saturated rings. The van der Waals surface area contributed by atoms with Gasteiger partial charge in [-0.25, -0.2) is 0 Å². The molecule has 0 unspecified atom stereocenters. The third-order valence-corrected chi connectivity index (χ3v) is 5.92. The molecule has 1 aromatic carbocycles. The molecule has 0 aliphatic carbocycles. The van der Waals surface area contributed by atoms with Gasteiger partial charge in [0.2, 0.25) is 0 Å². The van der Waals surface area contributed by atoms with Crippen LogP contribution >= 0.6 is 11.3 Å². The second-order valence-corrected chi connectivity index (χ2v) is 7.88. The monoisotopic (exact) mass is 338 g/mol. The molecule has 0 spiro atoms. The van der Waals surface area contributed by atoms with Gasteiger partial charge in [-0.1, -0.05) is 30.3 Å². The summed E-state index contributed by atoms with van der Waals surface area (Å²) in [6.07, 6.45) is 2.24. The number of nitrogens with zero attached hydrogens (tertiary/aromatic N) is 2. The van der Waals surface area contributed by atoms with Gasteiger partial charge < -0.3 is 9.47 Å². The smallest absolute Gasteiger partial charge is 0.270 e. The fourth-order valence-electron chi connectivity index (χ4n) is 3.68. The van der Waals surface area contributed by atoms with Gasteiger partial charge >= 0.3 is 0 Å². The van der Waals surface area contributed by atoms with E-state index in [0.29, 0.717) is 0 Å². The van der Waals surface area contributed by atoms with Crippen LogP contribution in [0.1, 0.15) is 46.7 Å². The summed E-state index contributed by atoms with van der Waals surface area (Å²) < 4.78 is 3.44. The molecule has 0 bridgehead atoms. The van der Waals surface area contributed by atoms with Gasteiger partial charge in [0.1, 0.15) is 5.69 Å². The van der Waals surface area contributed by atoms with Gasteiger partial charge in [-0.05, 0) is 44.4 Å². The molecular weight excluding hydrogens is 316 g/mol. The van der Waals surface area contributed by atoms with Crippen LogP contribution in [0, 0.1) is 6.92 Å². The van der Waals surface area contributed by atoms with Gasteiger partial charge in [-0.15, -0.1) is 11.3 Å². The molecule has 3 aromatic rings. The minimum Gasteiger partial charge on any atom is -0.337 e. The molecule has 3 nitrogen and oxygen atoms in total. The minimum atomic E-state index is 0.138. The highest BCUT2D eigenvalue weighted by Crippen LogP contribution is 2.34. The van der Waals surface area contributed by atoms with E-state index in [2.05, 4.69) is 54.8 Å². The number of carbonyl (C=O) groups is 1. The Bertz CT molecular complexity index is 872. The second-order valence-electron chi connectivity index (χ2n) is 6.59. The van der Waals surface area contributed by atoms with E-state index in [9.17, 15) is 4.79 Å². The summed E-state index contributed by atoms with van der Waals surface area (Å²) in [6.45, 7) is 6.08. The molecule has 1 saturated heterocycles. The van der Waals surface area contributed by atoms with Crippen molar-refractivity contribution in [3.05, 3.63) is 58.6 Å². The zero-order valence-corrected chi connectivity index (χ0v) is 15.0. The molecule has 4 rings (SSSR count).